The molecule has 3 heteroatoms. The van der Waals surface area contributed by atoms with E-state index in [0.717, 1.165) is 11.3 Å². The topological polar surface area (TPSA) is 29.1 Å². The van der Waals surface area contributed by atoms with Crippen molar-refractivity contribution >= 4 is 27.5 Å². The summed E-state index contributed by atoms with van der Waals surface area (Å²) in [7, 11) is 0. The zero-order chi connectivity index (χ0) is 12.3. The van der Waals surface area contributed by atoms with E-state index < -0.39 is 0 Å². The molecular weight excluding hydrogens is 266 g/mol. The van der Waals surface area contributed by atoms with Crippen molar-refractivity contribution in [2.45, 2.75) is 32.5 Å². The molecule has 0 aliphatic rings. The average molecular weight is 284 g/mol. The van der Waals surface area contributed by atoms with Crippen molar-refractivity contribution in [3.8, 4) is 0 Å². The molecule has 88 valence electrons. The Morgan fingerprint density at radius 3 is 2.50 bits per heavy atom. The maximum Gasteiger partial charge on any atom is 0.238 e. The molecule has 0 aliphatic heterocycles. The molecule has 16 heavy (non-hydrogen) atoms. The number of aryl methyl sites for hydroxylation is 1. The van der Waals surface area contributed by atoms with Crippen LogP contribution in [-0.2, 0) is 4.79 Å². The SMILES string of the molecule is Cc1cccc(NC(=O)C(Br)C(C)C)c1C. The molecule has 1 N–H and O–H groups in total. The molecule has 1 aromatic rings. The van der Waals surface area contributed by atoms with Crippen LogP contribution >= 0.6 is 15.9 Å². The van der Waals surface area contributed by atoms with E-state index in [1.807, 2.05) is 45.9 Å². The van der Waals surface area contributed by atoms with Gasteiger partial charge in [0, 0.05) is 5.69 Å². The molecule has 0 radical (unpaired) electrons. The van der Waals surface area contributed by atoms with Gasteiger partial charge in [-0.25, -0.2) is 0 Å². The van der Waals surface area contributed by atoms with Crippen molar-refractivity contribution in [3.05, 3.63) is 29.3 Å². The van der Waals surface area contributed by atoms with Crippen LogP contribution in [0.25, 0.3) is 0 Å². The first-order valence-corrected chi connectivity index (χ1v) is 6.36. The number of halogens is 1. The van der Waals surface area contributed by atoms with Crippen molar-refractivity contribution in [1.29, 1.82) is 0 Å². The third kappa shape index (κ3) is 3.08. The molecule has 1 rings (SSSR count). The van der Waals surface area contributed by atoms with Gasteiger partial charge in [0.25, 0.3) is 0 Å². The molecular formula is C13H18BrNO. The molecule has 1 amide bonds. The minimum Gasteiger partial charge on any atom is -0.325 e. The van der Waals surface area contributed by atoms with E-state index in [2.05, 4.69) is 21.2 Å². The largest absolute Gasteiger partial charge is 0.325 e. The molecule has 0 heterocycles. The third-order valence-electron chi connectivity index (χ3n) is 2.70. The van der Waals surface area contributed by atoms with Crippen LogP contribution in [-0.4, -0.2) is 10.7 Å². The molecule has 2 nitrogen and oxygen atoms in total. The van der Waals surface area contributed by atoms with Gasteiger partial charge < -0.3 is 5.32 Å². The van der Waals surface area contributed by atoms with Crippen molar-refractivity contribution in [2.24, 2.45) is 5.92 Å². The molecule has 0 saturated heterocycles. The summed E-state index contributed by atoms with van der Waals surface area (Å²) in [6.07, 6.45) is 0. The second kappa shape index (κ2) is 5.48. The number of alkyl halides is 1. The second-order valence-electron chi connectivity index (χ2n) is 4.38. The summed E-state index contributed by atoms with van der Waals surface area (Å²) < 4.78 is 0. The van der Waals surface area contributed by atoms with Crippen molar-refractivity contribution in [3.63, 3.8) is 0 Å². The van der Waals surface area contributed by atoms with Gasteiger partial charge in [-0.15, -0.1) is 0 Å². The highest BCUT2D eigenvalue weighted by Crippen LogP contribution is 2.20. The van der Waals surface area contributed by atoms with Gasteiger partial charge in [-0.2, -0.15) is 0 Å². The Bertz CT molecular complexity index is 388. The van der Waals surface area contributed by atoms with Crippen molar-refractivity contribution in [1.82, 2.24) is 0 Å². The van der Waals surface area contributed by atoms with E-state index in [4.69, 9.17) is 0 Å². The molecule has 0 aliphatic carbocycles. The summed E-state index contributed by atoms with van der Waals surface area (Å²) in [4.78, 5) is 11.7. The zero-order valence-electron chi connectivity index (χ0n) is 10.2. The lowest BCUT2D eigenvalue weighted by Crippen LogP contribution is -2.27. The van der Waals surface area contributed by atoms with E-state index in [-0.39, 0.29) is 16.7 Å². The molecule has 0 spiro atoms. The van der Waals surface area contributed by atoms with Crippen LogP contribution in [0.5, 0.6) is 0 Å². The Hall–Kier alpha value is -0.830. The summed E-state index contributed by atoms with van der Waals surface area (Å²) in [5.41, 5.74) is 3.21. The third-order valence-corrected chi connectivity index (χ3v) is 4.17. The van der Waals surface area contributed by atoms with Crippen molar-refractivity contribution < 1.29 is 4.79 Å². The minimum atomic E-state index is -0.146. The Kier molecular flexibility index (Phi) is 4.54. The maximum atomic E-state index is 11.9. The van der Waals surface area contributed by atoms with Gasteiger partial charge in [0.15, 0.2) is 0 Å². The van der Waals surface area contributed by atoms with Gasteiger partial charge >= 0.3 is 0 Å². The maximum absolute atomic E-state index is 11.9. The van der Waals surface area contributed by atoms with Crippen LogP contribution in [0.15, 0.2) is 18.2 Å². The molecule has 0 fully saturated rings. The molecule has 1 unspecified atom stereocenters. The molecule has 0 aromatic heterocycles. The highest BCUT2D eigenvalue weighted by atomic mass is 79.9. The van der Waals surface area contributed by atoms with Gasteiger partial charge in [0.1, 0.15) is 0 Å². The normalized spacial score (nSPS) is 12.6. The van der Waals surface area contributed by atoms with Gasteiger partial charge in [-0.3, -0.25) is 4.79 Å². The summed E-state index contributed by atoms with van der Waals surface area (Å²) in [5.74, 6) is 0.300. The number of carbonyl (C=O) groups is 1. The predicted molar refractivity (Wildman–Crippen MR) is 72.1 cm³/mol. The van der Waals surface area contributed by atoms with Gasteiger partial charge in [-0.05, 0) is 37.0 Å². The van der Waals surface area contributed by atoms with Crippen LogP contribution < -0.4 is 5.32 Å². The highest BCUT2D eigenvalue weighted by molar-refractivity contribution is 9.10. The predicted octanol–water partition coefficient (Wildman–Crippen LogP) is 3.66. The van der Waals surface area contributed by atoms with E-state index >= 15 is 0 Å². The lowest BCUT2D eigenvalue weighted by molar-refractivity contribution is -0.116. The second-order valence-corrected chi connectivity index (χ2v) is 5.37. The number of hydrogen-bond donors (Lipinski definition) is 1. The molecule has 0 bridgehead atoms. The van der Waals surface area contributed by atoms with E-state index in [1.165, 1.54) is 5.56 Å². The summed E-state index contributed by atoms with van der Waals surface area (Å²) in [5, 5.41) is 2.95. The van der Waals surface area contributed by atoms with E-state index in [9.17, 15) is 4.79 Å². The van der Waals surface area contributed by atoms with Crippen LogP contribution in [0.1, 0.15) is 25.0 Å². The van der Waals surface area contributed by atoms with Gasteiger partial charge in [0.05, 0.1) is 4.83 Å². The number of benzene rings is 1. The summed E-state index contributed by atoms with van der Waals surface area (Å²) in [6.45, 7) is 8.09. The van der Waals surface area contributed by atoms with Crippen LogP contribution in [0.2, 0.25) is 0 Å². The Morgan fingerprint density at radius 1 is 1.31 bits per heavy atom. The fourth-order valence-corrected chi connectivity index (χ4v) is 1.51. The Labute approximate surface area is 106 Å². The standard InChI is InChI=1S/C13H18BrNO/c1-8(2)12(14)13(16)15-11-7-5-6-9(3)10(11)4/h5-8,12H,1-4H3,(H,15,16). The first-order chi connectivity index (χ1) is 7.43. The van der Waals surface area contributed by atoms with E-state index in [1.54, 1.807) is 0 Å². The zero-order valence-corrected chi connectivity index (χ0v) is 11.8. The molecule has 0 saturated carbocycles. The van der Waals surface area contributed by atoms with Crippen LogP contribution in [0.4, 0.5) is 5.69 Å². The van der Waals surface area contributed by atoms with Crippen LogP contribution in [0, 0.1) is 19.8 Å². The van der Waals surface area contributed by atoms with E-state index in [0.29, 0.717) is 0 Å². The molecule has 1 atom stereocenters. The Morgan fingerprint density at radius 2 is 1.94 bits per heavy atom. The fourth-order valence-electron chi connectivity index (χ4n) is 1.39. The van der Waals surface area contributed by atoms with Gasteiger partial charge in [0.2, 0.25) is 5.91 Å². The minimum absolute atomic E-state index is 0.0173. The average Bonchev–Trinajstić information content (AvgIpc) is 2.23. The number of carbonyl (C=O) groups excluding carboxylic acids is 1. The monoisotopic (exact) mass is 283 g/mol. The van der Waals surface area contributed by atoms with Crippen molar-refractivity contribution in [2.75, 3.05) is 5.32 Å². The van der Waals surface area contributed by atoms with Gasteiger partial charge in [-0.1, -0.05) is 41.9 Å². The number of rotatable bonds is 3. The summed E-state index contributed by atoms with van der Waals surface area (Å²) >= 11 is 3.40. The smallest absolute Gasteiger partial charge is 0.238 e. The number of anilines is 1. The number of hydrogen-bond acceptors (Lipinski definition) is 1. The lowest BCUT2D eigenvalue weighted by atomic mass is 10.1. The Balaban J connectivity index is 2.81. The summed E-state index contributed by atoms with van der Waals surface area (Å²) in [6, 6.07) is 5.93. The first kappa shape index (κ1) is 13.2. The highest BCUT2D eigenvalue weighted by Gasteiger charge is 2.19. The first-order valence-electron chi connectivity index (χ1n) is 5.44. The number of amides is 1. The van der Waals surface area contributed by atoms with Crippen LogP contribution in [0.3, 0.4) is 0 Å². The quantitative estimate of drug-likeness (QED) is 0.843. The lowest BCUT2D eigenvalue weighted by Gasteiger charge is -2.15. The molecule has 1 aromatic carbocycles. The fraction of sp³-hybridized carbons (Fsp3) is 0.462. The number of nitrogens with one attached hydrogen (secondary N) is 1.